The van der Waals surface area contributed by atoms with Gasteiger partial charge in [0, 0.05) is 10.6 Å². The number of amides is 1. The molecule has 1 heterocycles. The third kappa shape index (κ3) is 6.77. The van der Waals surface area contributed by atoms with Gasteiger partial charge in [-0.2, -0.15) is 31.6 Å². The van der Waals surface area contributed by atoms with Crippen LogP contribution in [0.5, 0.6) is 0 Å². The zero-order chi connectivity index (χ0) is 27.8. The zero-order valence-electron chi connectivity index (χ0n) is 18.9. The Hall–Kier alpha value is -3.64. The van der Waals surface area contributed by atoms with Gasteiger partial charge < -0.3 is 4.90 Å². The molecule has 0 aliphatic heterocycles. The molecular formula is C22H16F6N4O3S2. The Balaban J connectivity index is 2.18. The molecule has 0 bridgehead atoms. The molecular weight excluding hydrogens is 546 g/mol. The van der Waals surface area contributed by atoms with Crippen LogP contribution in [0.1, 0.15) is 37.6 Å². The topological polar surface area (TPSA) is 103 Å². The second-order valence-corrected chi connectivity index (χ2v) is 10.6. The van der Waals surface area contributed by atoms with E-state index < -0.39 is 51.5 Å². The van der Waals surface area contributed by atoms with E-state index in [0.29, 0.717) is 18.2 Å². The summed E-state index contributed by atoms with van der Waals surface area (Å²) in [5.74, 6) is -1.09. The molecule has 3 aromatic rings. The fourth-order valence-corrected chi connectivity index (χ4v) is 4.62. The summed E-state index contributed by atoms with van der Waals surface area (Å²) < 4.78 is 106. The first-order valence-electron chi connectivity index (χ1n) is 10.0. The Kier molecular flexibility index (Phi) is 7.57. The van der Waals surface area contributed by atoms with E-state index >= 15 is 0 Å². The highest BCUT2D eigenvalue weighted by Gasteiger charge is 2.37. The van der Waals surface area contributed by atoms with Gasteiger partial charge >= 0.3 is 12.4 Å². The SMILES string of the molecule is Cc1sc(N(Cc2cc(C(F)(F)F)ccc2C(F)(F)F)c2ccc(C#N)cc2)nc1C(=O)NS(C)(=O)=O. The van der Waals surface area contributed by atoms with Gasteiger partial charge in [0.2, 0.25) is 10.0 Å². The average molecular weight is 563 g/mol. The van der Waals surface area contributed by atoms with Crippen LogP contribution in [0.3, 0.4) is 0 Å². The minimum atomic E-state index is -4.98. The fourth-order valence-electron chi connectivity index (χ4n) is 3.26. The number of carbonyl (C=O) groups excluding carboxylic acids is 1. The Labute approximate surface area is 211 Å². The van der Waals surface area contributed by atoms with Crippen molar-refractivity contribution in [2.24, 2.45) is 0 Å². The molecule has 196 valence electrons. The summed E-state index contributed by atoms with van der Waals surface area (Å²) in [7, 11) is -3.96. The first-order chi connectivity index (χ1) is 17.0. The van der Waals surface area contributed by atoms with Gasteiger partial charge in [0.15, 0.2) is 5.13 Å². The summed E-state index contributed by atoms with van der Waals surface area (Å²) in [6.07, 6.45) is -9.15. The molecule has 0 atom stereocenters. The van der Waals surface area contributed by atoms with E-state index in [4.69, 9.17) is 5.26 Å². The lowest BCUT2D eigenvalue weighted by atomic mass is 10.0. The van der Waals surface area contributed by atoms with Gasteiger partial charge in [-0.05, 0) is 55.0 Å². The van der Waals surface area contributed by atoms with Gasteiger partial charge in [-0.25, -0.2) is 18.1 Å². The molecule has 0 spiro atoms. The lowest BCUT2D eigenvalue weighted by Gasteiger charge is -2.25. The highest BCUT2D eigenvalue weighted by Crippen LogP contribution is 2.39. The van der Waals surface area contributed by atoms with Gasteiger partial charge in [-0.3, -0.25) is 4.79 Å². The largest absolute Gasteiger partial charge is 0.416 e. The molecule has 1 amide bonds. The number of halogens is 6. The number of alkyl halides is 6. The zero-order valence-corrected chi connectivity index (χ0v) is 20.5. The maximum Gasteiger partial charge on any atom is 0.416 e. The number of sulfonamides is 1. The number of aryl methyl sites for hydroxylation is 1. The van der Waals surface area contributed by atoms with Crippen molar-refractivity contribution < 1.29 is 39.6 Å². The van der Waals surface area contributed by atoms with Crippen molar-refractivity contribution in [1.82, 2.24) is 9.71 Å². The summed E-state index contributed by atoms with van der Waals surface area (Å²) >= 11 is 0.815. The number of nitriles is 1. The number of benzene rings is 2. The van der Waals surface area contributed by atoms with Crippen LogP contribution in [0.4, 0.5) is 37.2 Å². The number of carbonyl (C=O) groups is 1. The molecule has 0 fully saturated rings. The molecule has 37 heavy (non-hydrogen) atoms. The maximum atomic E-state index is 13.7. The molecule has 3 rings (SSSR count). The van der Waals surface area contributed by atoms with E-state index in [1.54, 1.807) is 4.72 Å². The predicted molar refractivity (Wildman–Crippen MR) is 123 cm³/mol. The summed E-state index contributed by atoms with van der Waals surface area (Å²) in [4.78, 5) is 17.8. The molecule has 0 unspecified atom stereocenters. The molecule has 7 nitrogen and oxygen atoms in total. The molecule has 1 N–H and O–H groups in total. The highest BCUT2D eigenvalue weighted by molar-refractivity contribution is 7.89. The van der Waals surface area contributed by atoms with E-state index in [0.717, 1.165) is 22.5 Å². The monoisotopic (exact) mass is 562 g/mol. The summed E-state index contributed by atoms with van der Waals surface area (Å²) in [5.41, 5.74) is -3.28. The van der Waals surface area contributed by atoms with Gasteiger partial charge in [-0.15, -0.1) is 11.3 Å². The van der Waals surface area contributed by atoms with Crippen LogP contribution in [0.15, 0.2) is 42.5 Å². The predicted octanol–water partition coefficient (Wildman–Crippen LogP) is 5.39. The lowest BCUT2D eigenvalue weighted by molar-refractivity contribution is -0.141. The van der Waals surface area contributed by atoms with Gasteiger partial charge in [-0.1, -0.05) is 0 Å². The normalized spacial score (nSPS) is 12.2. The second-order valence-electron chi connectivity index (χ2n) is 7.72. The summed E-state index contributed by atoms with van der Waals surface area (Å²) in [6, 6.07) is 8.33. The Morgan fingerprint density at radius 3 is 2.22 bits per heavy atom. The van der Waals surface area contributed by atoms with Crippen LogP contribution in [0.2, 0.25) is 0 Å². The molecule has 2 aromatic carbocycles. The first-order valence-corrected chi connectivity index (χ1v) is 12.7. The Morgan fingerprint density at radius 1 is 1.08 bits per heavy atom. The van der Waals surface area contributed by atoms with E-state index in [9.17, 15) is 39.6 Å². The minimum absolute atomic E-state index is 0.0913. The van der Waals surface area contributed by atoms with Crippen molar-refractivity contribution in [3.05, 3.63) is 75.3 Å². The Morgan fingerprint density at radius 2 is 1.70 bits per heavy atom. The number of anilines is 2. The van der Waals surface area contributed by atoms with Crippen LogP contribution in [-0.4, -0.2) is 25.6 Å². The highest BCUT2D eigenvalue weighted by atomic mass is 32.2. The van der Waals surface area contributed by atoms with Gasteiger partial charge in [0.05, 0.1) is 35.6 Å². The molecule has 1 aromatic heterocycles. The van der Waals surface area contributed by atoms with Crippen molar-refractivity contribution >= 4 is 38.1 Å². The maximum absolute atomic E-state index is 13.7. The first kappa shape index (κ1) is 27.9. The van der Waals surface area contributed by atoms with E-state index in [1.165, 1.54) is 31.2 Å². The van der Waals surface area contributed by atoms with Crippen LogP contribution in [-0.2, 0) is 28.9 Å². The number of nitrogens with zero attached hydrogens (tertiary/aromatic N) is 3. The average Bonchev–Trinajstić information content (AvgIpc) is 3.16. The number of hydrogen-bond acceptors (Lipinski definition) is 7. The summed E-state index contributed by atoms with van der Waals surface area (Å²) in [6.45, 7) is 0.672. The third-order valence-corrected chi connectivity index (χ3v) is 6.43. The second kappa shape index (κ2) is 10.0. The van der Waals surface area contributed by atoms with E-state index in [-0.39, 0.29) is 27.0 Å². The van der Waals surface area contributed by atoms with Crippen molar-refractivity contribution in [3.63, 3.8) is 0 Å². The quantitative estimate of drug-likeness (QED) is 0.405. The van der Waals surface area contributed by atoms with Crippen molar-refractivity contribution in [2.45, 2.75) is 25.8 Å². The van der Waals surface area contributed by atoms with Crippen LogP contribution < -0.4 is 9.62 Å². The van der Waals surface area contributed by atoms with Crippen molar-refractivity contribution in [2.75, 3.05) is 11.2 Å². The van der Waals surface area contributed by atoms with Crippen LogP contribution >= 0.6 is 11.3 Å². The third-order valence-electron chi connectivity index (χ3n) is 4.88. The lowest BCUT2D eigenvalue weighted by Crippen LogP contribution is -2.30. The standard InChI is InChI=1S/C22H16F6N4O3S2/c1-12-18(19(33)31-37(2,34)35)30-20(36-12)32(16-6-3-13(10-29)4-7-16)11-14-9-15(21(23,24)25)5-8-17(14)22(26,27)28/h3-9H,11H2,1-2H3,(H,31,33). The smallest absolute Gasteiger partial charge is 0.313 e. The molecule has 0 radical (unpaired) electrons. The number of hydrogen-bond donors (Lipinski definition) is 1. The molecule has 0 aliphatic rings. The van der Waals surface area contributed by atoms with Crippen molar-refractivity contribution in [1.29, 1.82) is 5.26 Å². The number of aromatic nitrogens is 1. The number of rotatable bonds is 6. The molecule has 0 saturated heterocycles. The summed E-state index contributed by atoms with van der Waals surface area (Å²) in [5, 5.41) is 8.96. The van der Waals surface area contributed by atoms with Gasteiger partial charge in [0.25, 0.3) is 5.91 Å². The number of thiazole rings is 1. The Bertz CT molecular complexity index is 1470. The number of nitrogens with one attached hydrogen (secondary N) is 1. The van der Waals surface area contributed by atoms with Crippen LogP contribution in [0.25, 0.3) is 0 Å². The van der Waals surface area contributed by atoms with E-state index in [1.807, 2.05) is 6.07 Å². The fraction of sp³-hybridized carbons (Fsp3) is 0.227. The molecule has 0 saturated carbocycles. The molecule has 15 heteroatoms. The van der Waals surface area contributed by atoms with Crippen LogP contribution in [0, 0.1) is 18.3 Å². The minimum Gasteiger partial charge on any atom is -0.313 e. The molecule has 0 aliphatic carbocycles. The van der Waals surface area contributed by atoms with Crippen molar-refractivity contribution in [3.8, 4) is 6.07 Å². The van der Waals surface area contributed by atoms with E-state index in [2.05, 4.69) is 4.98 Å². The van der Waals surface area contributed by atoms with Gasteiger partial charge in [0.1, 0.15) is 5.69 Å².